The van der Waals surface area contributed by atoms with Crippen LogP contribution in [0.1, 0.15) is 30.5 Å². The molecule has 0 aliphatic carbocycles. The Morgan fingerprint density at radius 2 is 2.11 bits per heavy atom. The Hall–Kier alpha value is -1.60. The Balaban J connectivity index is 1.86. The summed E-state index contributed by atoms with van der Waals surface area (Å²) in [4.78, 5) is 6.85. The third-order valence-corrected chi connectivity index (χ3v) is 3.32. The molecule has 0 aromatic carbocycles. The van der Waals surface area contributed by atoms with Crippen LogP contribution >= 0.6 is 0 Å². The maximum Gasteiger partial charge on any atom is 0.144 e. The molecule has 1 saturated heterocycles. The summed E-state index contributed by atoms with van der Waals surface area (Å²) in [5.74, 6) is 0.717. The second-order valence-corrected chi connectivity index (χ2v) is 4.79. The van der Waals surface area contributed by atoms with Gasteiger partial charge in [0.05, 0.1) is 5.56 Å². The zero-order valence-electron chi connectivity index (χ0n) is 10.9. The van der Waals surface area contributed by atoms with Crippen LogP contribution in [0, 0.1) is 18.3 Å². The summed E-state index contributed by atoms with van der Waals surface area (Å²) in [5.41, 5.74) is 1.56. The van der Waals surface area contributed by atoms with E-state index in [9.17, 15) is 0 Å². The minimum absolute atomic E-state index is 0.624. The standard InChI is InChI=1S/C14H20N4/c1-12-5-6-13(11-15)14(17-12)16-7-10-18-8-3-2-4-9-18/h5-6H,2-4,7-10H2,1H3,(H,16,17). The Morgan fingerprint density at radius 3 is 2.83 bits per heavy atom. The van der Waals surface area contributed by atoms with Crippen LogP contribution in [-0.4, -0.2) is 36.1 Å². The molecule has 1 fully saturated rings. The van der Waals surface area contributed by atoms with Crippen LogP contribution in [-0.2, 0) is 0 Å². The molecule has 18 heavy (non-hydrogen) atoms. The summed E-state index contributed by atoms with van der Waals surface area (Å²) in [6, 6.07) is 5.87. The molecular formula is C14H20N4. The van der Waals surface area contributed by atoms with Crippen LogP contribution in [0.5, 0.6) is 0 Å². The maximum atomic E-state index is 9.02. The zero-order chi connectivity index (χ0) is 12.8. The highest BCUT2D eigenvalue weighted by Gasteiger charge is 2.09. The van der Waals surface area contributed by atoms with Gasteiger partial charge in [0.15, 0.2) is 0 Å². The summed E-state index contributed by atoms with van der Waals surface area (Å²) in [5, 5.41) is 12.3. The fraction of sp³-hybridized carbons (Fsp3) is 0.571. The summed E-state index contributed by atoms with van der Waals surface area (Å²) in [6.07, 6.45) is 3.99. The number of hydrogen-bond acceptors (Lipinski definition) is 4. The predicted octanol–water partition coefficient (Wildman–Crippen LogP) is 2.16. The molecule has 4 heteroatoms. The van der Waals surface area contributed by atoms with E-state index in [4.69, 9.17) is 5.26 Å². The van der Waals surface area contributed by atoms with E-state index in [1.54, 1.807) is 0 Å². The SMILES string of the molecule is Cc1ccc(C#N)c(NCCN2CCCCC2)n1. The fourth-order valence-electron chi connectivity index (χ4n) is 2.30. The molecule has 0 spiro atoms. The number of nitrogens with one attached hydrogen (secondary N) is 1. The first-order chi connectivity index (χ1) is 8.79. The molecule has 1 aliphatic heterocycles. The van der Waals surface area contributed by atoms with E-state index >= 15 is 0 Å². The van der Waals surface area contributed by atoms with Crippen molar-refractivity contribution in [1.29, 1.82) is 5.26 Å². The van der Waals surface area contributed by atoms with Crippen LogP contribution in [0.15, 0.2) is 12.1 Å². The number of piperidine rings is 1. The first-order valence-corrected chi connectivity index (χ1v) is 6.63. The average molecular weight is 244 g/mol. The molecular weight excluding hydrogens is 224 g/mol. The van der Waals surface area contributed by atoms with Gasteiger partial charge >= 0.3 is 0 Å². The van der Waals surface area contributed by atoms with Gasteiger partial charge < -0.3 is 10.2 Å². The van der Waals surface area contributed by atoms with Crippen molar-refractivity contribution in [3.8, 4) is 6.07 Å². The molecule has 1 N–H and O–H groups in total. The second kappa shape index (κ2) is 6.36. The number of rotatable bonds is 4. The summed E-state index contributed by atoms with van der Waals surface area (Å²) < 4.78 is 0. The monoisotopic (exact) mass is 244 g/mol. The third kappa shape index (κ3) is 3.44. The Bertz CT molecular complexity index is 430. The first kappa shape index (κ1) is 12.8. The van der Waals surface area contributed by atoms with Crippen LogP contribution in [0.25, 0.3) is 0 Å². The van der Waals surface area contributed by atoms with E-state index in [-0.39, 0.29) is 0 Å². The number of nitrogens with zero attached hydrogens (tertiary/aromatic N) is 3. The molecule has 0 atom stereocenters. The fourth-order valence-corrected chi connectivity index (χ4v) is 2.30. The van der Waals surface area contributed by atoms with Crippen molar-refractivity contribution < 1.29 is 0 Å². The molecule has 0 unspecified atom stereocenters. The summed E-state index contributed by atoms with van der Waals surface area (Å²) in [6.45, 7) is 6.23. The normalized spacial score (nSPS) is 16.2. The van der Waals surface area contributed by atoms with Gasteiger partial charge in [-0.3, -0.25) is 0 Å². The largest absolute Gasteiger partial charge is 0.368 e. The van der Waals surface area contributed by atoms with Crippen molar-refractivity contribution in [1.82, 2.24) is 9.88 Å². The minimum Gasteiger partial charge on any atom is -0.368 e. The smallest absolute Gasteiger partial charge is 0.144 e. The number of aryl methyl sites for hydroxylation is 1. The van der Waals surface area contributed by atoms with Gasteiger partial charge in [-0.2, -0.15) is 5.26 Å². The maximum absolute atomic E-state index is 9.02. The van der Waals surface area contributed by atoms with E-state index in [0.717, 1.165) is 24.6 Å². The molecule has 0 radical (unpaired) electrons. The first-order valence-electron chi connectivity index (χ1n) is 6.63. The van der Waals surface area contributed by atoms with Crippen molar-refractivity contribution in [3.05, 3.63) is 23.4 Å². The van der Waals surface area contributed by atoms with Gasteiger partial charge in [0.1, 0.15) is 11.9 Å². The number of anilines is 1. The van der Waals surface area contributed by atoms with Gasteiger partial charge in [0.2, 0.25) is 0 Å². The lowest BCUT2D eigenvalue weighted by Crippen LogP contribution is -2.33. The van der Waals surface area contributed by atoms with Crippen LogP contribution in [0.3, 0.4) is 0 Å². The van der Waals surface area contributed by atoms with Gasteiger partial charge in [-0.1, -0.05) is 6.42 Å². The molecule has 0 amide bonds. The molecule has 0 bridgehead atoms. The van der Waals surface area contributed by atoms with Gasteiger partial charge in [-0.15, -0.1) is 0 Å². The molecule has 1 aromatic heterocycles. The van der Waals surface area contributed by atoms with Crippen LogP contribution in [0.2, 0.25) is 0 Å². The van der Waals surface area contributed by atoms with Crippen molar-refractivity contribution in [2.24, 2.45) is 0 Å². The van der Waals surface area contributed by atoms with E-state index in [1.165, 1.54) is 32.4 Å². The van der Waals surface area contributed by atoms with Gasteiger partial charge in [0, 0.05) is 18.8 Å². The van der Waals surface area contributed by atoms with E-state index in [2.05, 4.69) is 21.3 Å². The zero-order valence-corrected chi connectivity index (χ0v) is 10.9. The lowest BCUT2D eigenvalue weighted by Gasteiger charge is -2.26. The molecule has 4 nitrogen and oxygen atoms in total. The minimum atomic E-state index is 0.624. The molecule has 1 aliphatic rings. The molecule has 1 aromatic rings. The number of likely N-dealkylation sites (tertiary alicyclic amines) is 1. The van der Waals surface area contributed by atoms with Crippen molar-refractivity contribution >= 4 is 5.82 Å². The number of nitriles is 1. The third-order valence-electron chi connectivity index (χ3n) is 3.32. The Labute approximate surface area is 109 Å². The Kier molecular flexibility index (Phi) is 4.54. The summed E-state index contributed by atoms with van der Waals surface area (Å²) >= 11 is 0. The molecule has 2 rings (SSSR count). The quantitative estimate of drug-likeness (QED) is 0.882. The van der Waals surface area contributed by atoms with Crippen LogP contribution < -0.4 is 5.32 Å². The van der Waals surface area contributed by atoms with Gasteiger partial charge in [0.25, 0.3) is 0 Å². The Morgan fingerprint density at radius 1 is 1.33 bits per heavy atom. The van der Waals surface area contributed by atoms with Crippen molar-refractivity contribution in [2.45, 2.75) is 26.2 Å². The average Bonchev–Trinajstić information content (AvgIpc) is 2.40. The van der Waals surface area contributed by atoms with Crippen molar-refractivity contribution in [2.75, 3.05) is 31.5 Å². The highest BCUT2D eigenvalue weighted by molar-refractivity contribution is 5.52. The highest BCUT2D eigenvalue weighted by atomic mass is 15.1. The van der Waals surface area contributed by atoms with Gasteiger partial charge in [-0.25, -0.2) is 4.98 Å². The second-order valence-electron chi connectivity index (χ2n) is 4.79. The summed E-state index contributed by atoms with van der Waals surface area (Å²) in [7, 11) is 0. The molecule has 0 saturated carbocycles. The van der Waals surface area contributed by atoms with Crippen molar-refractivity contribution in [3.63, 3.8) is 0 Å². The van der Waals surface area contributed by atoms with E-state index < -0.39 is 0 Å². The number of pyridine rings is 1. The van der Waals surface area contributed by atoms with E-state index in [1.807, 2.05) is 19.1 Å². The number of aromatic nitrogens is 1. The molecule has 96 valence electrons. The lowest BCUT2D eigenvalue weighted by atomic mass is 10.1. The van der Waals surface area contributed by atoms with E-state index in [0.29, 0.717) is 5.56 Å². The van der Waals surface area contributed by atoms with Gasteiger partial charge in [-0.05, 0) is 45.0 Å². The lowest BCUT2D eigenvalue weighted by molar-refractivity contribution is 0.237. The predicted molar refractivity (Wildman–Crippen MR) is 72.5 cm³/mol. The highest BCUT2D eigenvalue weighted by Crippen LogP contribution is 2.12. The topological polar surface area (TPSA) is 52.0 Å². The number of hydrogen-bond donors (Lipinski definition) is 1. The molecule has 2 heterocycles. The van der Waals surface area contributed by atoms with Crippen LogP contribution in [0.4, 0.5) is 5.82 Å².